The van der Waals surface area contributed by atoms with Gasteiger partial charge in [-0.1, -0.05) is 0 Å². The molecule has 16 heavy (non-hydrogen) atoms. The fourth-order valence-electron chi connectivity index (χ4n) is 1.60. The van der Waals surface area contributed by atoms with Gasteiger partial charge in [0, 0.05) is 19.3 Å². The zero-order chi connectivity index (χ0) is 12.2. The van der Waals surface area contributed by atoms with Crippen molar-refractivity contribution < 1.29 is 13.7 Å². The van der Waals surface area contributed by atoms with E-state index in [0.717, 1.165) is 25.9 Å². The molecule has 1 amide bonds. The van der Waals surface area contributed by atoms with Crippen molar-refractivity contribution in [2.24, 2.45) is 0 Å². The predicted molar refractivity (Wildman–Crippen MR) is 65.4 cm³/mol. The number of rotatable bonds is 2. The Labute approximate surface area is 102 Å². The fourth-order valence-corrected chi connectivity index (χ4v) is 2.06. The van der Waals surface area contributed by atoms with Gasteiger partial charge >= 0.3 is 6.09 Å². The maximum absolute atomic E-state index is 11.7. The van der Waals surface area contributed by atoms with E-state index in [-0.39, 0.29) is 12.2 Å². The molecule has 0 aromatic carbocycles. The van der Waals surface area contributed by atoms with E-state index in [4.69, 9.17) is 8.92 Å². The number of hydrogen-bond acceptors (Lipinski definition) is 4. The maximum Gasteiger partial charge on any atom is 0.410 e. The zero-order valence-corrected chi connectivity index (χ0v) is 11.3. The molecular formula is C11H21NO3S. The average Bonchev–Trinajstić information content (AvgIpc) is 2.16. The van der Waals surface area contributed by atoms with E-state index >= 15 is 0 Å². The summed E-state index contributed by atoms with van der Waals surface area (Å²) in [6.45, 7) is 7.09. The Kier molecular flexibility index (Phi) is 4.92. The molecule has 1 aliphatic heterocycles. The summed E-state index contributed by atoms with van der Waals surface area (Å²) in [4.78, 5) is 13.5. The number of hydrogen-bond donors (Lipinski definition) is 0. The largest absolute Gasteiger partial charge is 0.444 e. The third-order valence-corrected chi connectivity index (χ3v) is 2.79. The van der Waals surface area contributed by atoms with Crippen LogP contribution in [0.15, 0.2) is 0 Å². The van der Waals surface area contributed by atoms with Crippen molar-refractivity contribution in [3.05, 3.63) is 0 Å². The van der Waals surface area contributed by atoms with Gasteiger partial charge in [0.05, 0.1) is 6.10 Å². The van der Waals surface area contributed by atoms with E-state index in [2.05, 4.69) is 0 Å². The molecule has 1 rings (SSSR count). The van der Waals surface area contributed by atoms with Gasteiger partial charge in [-0.2, -0.15) is 0 Å². The summed E-state index contributed by atoms with van der Waals surface area (Å²) < 4.78 is 10.8. The Balaban J connectivity index is 2.33. The van der Waals surface area contributed by atoms with Crippen molar-refractivity contribution in [1.29, 1.82) is 0 Å². The molecule has 4 nitrogen and oxygen atoms in total. The quantitative estimate of drug-likeness (QED) is 0.703. The van der Waals surface area contributed by atoms with Crippen LogP contribution in [0.4, 0.5) is 4.79 Å². The molecule has 0 aromatic rings. The lowest BCUT2D eigenvalue weighted by Gasteiger charge is -2.32. The van der Waals surface area contributed by atoms with E-state index < -0.39 is 5.60 Å². The number of nitrogens with zero attached hydrogens (tertiary/aromatic N) is 1. The van der Waals surface area contributed by atoms with Crippen LogP contribution in [0.1, 0.15) is 33.6 Å². The predicted octanol–water partition coefficient (Wildman–Crippen LogP) is 2.68. The third kappa shape index (κ3) is 4.61. The molecule has 0 aromatic heterocycles. The van der Waals surface area contributed by atoms with Crippen molar-refractivity contribution >= 4 is 18.1 Å². The average molecular weight is 247 g/mol. The molecule has 0 unspecified atom stereocenters. The summed E-state index contributed by atoms with van der Waals surface area (Å²) in [6.07, 6.45) is 3.75. The van der Waals surface area contributed by atoms with Gasteiger partial charge in [0.2, 0.25) is 0 Å². The molecule has 0 spiro atoms. The van der Waals surface area contributed by atoms with Gasteiger partial charge in [0.15, 0.2) is 0 Å². The number of carbonyl (C=O) groups is 1. The number of amides is 1. The number of likely N-dealkylation sites (tertiary alicyclic amines) is 1. The smallest absolute Gasteiger partial charge is 0.410 e. The summed E-state index contributed by atoms with van der Waals surface area (Å²) in [7, 11) is 0. The van der Waals surface area contributed by atoms with Crippen LogP contribution in [0.25, 0.3) is 0 Å². The Bertz CT molecular complexity index is 232. The second-order valence-corrected chi connectivity index (χ2v) is 5.46. The van der Waals surface area contributed by atoms with Gasteiger partial charge in [-0.3, -0.25) is 0 Å². The minimum atomic E-state index is -0.413. The molecule has 5 heteroatoms. The monoisotopic (exact) mass is 247 g/mol. The molecule has 0 aliphatic carbocycles. The molecule has 1 fully saturated rings. The van der Waals surface area contributed by atoms with Crippen molar-refractivity contribution in [2.45, 2.75) is 45.3 Å². The number of ether oxygens (including phenoxy) is 1. The van der Waals surface area contributed by atoms with Crippen LogP contribution in [-0.4, -0.2) is 42.0 Å². The minimum absolute atomic E-state index is 0.213. The van der Waals surface area contributed by atoms with Gasteiger partial charge in [-0.25, -0.2) is 4.79 Å². The van der Waals surface area contributed by atoms with Crippen LogP contribution in [0.5, 0.6) is 0 Å². The highest BCUT2D eigenvalue weighted by molar-refractivity contribution is 7.93. The highest BCUT2D eigenvalue weighted by atomic mass is 32.2. The van der Waals surface area contributed by atoms with Crippen LogP contribution < -0.4 is 0 Å². The van der Waals surface area contributed by atoms with Crippen molar-refractivity contribution in [1.82, 2.24) is 4.90 Å². The summed E-state index contributed by atoms with van der Waals surface area (Å²) in [5.74, 6) is 0. The van der Waals surface area contributed by atoms with Crippen LogP contribution >= 0.6 is 12.0 Å². The maximum atomic E-state index is 11.7. The Morgan fingerprint density at radius 2 is 1.88 bits per heavy atom. The number of piperidine rings is 1. The van der Waals surface area contributed by atoms with E-state index in [0.29, 0.717) is 0 Å². The van der Waals surface area contributed by atoms with Crippen LogP contribution in [-0.2, 0) is 8.92 Å². The first-order valence-corrected chi connectivity index (χ1v) is 6.75. The molecule has 0 bridgehead atoms. The molecule has 94 valence electrons. The standard InChI is InChI=1S/C11H21NO3S/c1-11(2,3)14-10(13)12-7-5-9(6-8-12)15-16-4/h9H,5-8H2,1-4H3. The fraction of sp³-hybridized carbons (Fsp3) is 0.909. The molecule has 1 heterocycles. The van der Waals surface area contributed by atoms with Crippen LogP contribution in [0, 0.1) is 0 Å². The lowest BCUT2D eigenvalue weighted by Crippen LogP contribution is -2.43. The van der Waals surface area contributed by atoms with Crippen LogP contribution in [0.3, 0.4) is 0 Å². The molecule has 1 aliphatic rings. The van der Waals surface area contributed by atoms with Crippen LogP contribution in [0.2, 0.25) is 0 Å². The lowest BCUT2D eigenvalue weighted by atomic mass is 10.1. The van der Waals surface area contributed by atoms with Crippen molar-refractivity contribution in [3.8, 4) is 0 Å². The van der Waals surface area contributed by atoms with Gasteiger partial charge < -0.3 is 13.8 Å². The normalized spacial score (nSPS) is 18.6. The molecule has 0 saturated carbocycles. The Hall–Kier alpha value is -0.420. The summed E-state index contributed by atoms with van der Waals surface area (Å²) in [6, 6.07) is 0. The van der Waals surface area contributed by atoms with E-state index in [1.807, 2.05) is 27.0 Å². The third-order valence-electron chi connectivity index (χ3n) is 2.33. The second-order valence-electron chi connectivity index (χ2n) is 4.93. The molecular weight excluding hydrogens is 226 g/mol. The first-order chi connectivity index (χ1) is 7.42. The zero-order valence-electron chi connectivity index (χ0n) is 10.5. The summed E-state index contributed by atoms with van der Waals surface area (Å²) in [5.41, 5.74) is -0.413. The summed E-state index contributed by atoms with van der Waals surface area (Å²) >= 11 is 1.39. The van der Waals surface area contributed by atoms with Gasteiger partial charge in [-0.15, -0.1) is 0 Å². The minimum Gasteiger partial charge on any atom is -0.444 e. The molecule has 1 saturated heterocycles. The Morgan fingerprint density at radius 3 is 2.31 bits per heavy atom. The lowest BCUT2D eigenvalue weighted by molar-refractivity contribution is 0.0142. The Morgan fingerprint density at radius 1 is 1.31 bits per heavy atom. The molecule has 0 N–H and O–H groups in total. The van der Waals surface area contributed by atoms with E-state index in [9.17, 15) is 4.79 Å². The number of carbonyl (C=O) groups excluding carboxylic acids is 1. The van der Waals surface area contributed by atoms with Gasteiger partial charge in [0.1, 0.15) is 5.60 Å². The first-order valence-electron chi connectivity index (χ1n) is 5.60. The first kappa shape index (κ1) is 13.6. The highest BCUT2D eigenvalue weighted by Crippen LogP contribution is 2.19. The van der Waals surface area contributed by atoms with Crippen molar-refractivity contribution in [3.63, 3.8) is 0 Å². The highest BCUT2D eigenvalue weighted by Gasteiger charge is 2.27. The van der Waals surface area contributed by atoms with E-state index in [1.54, 1.807) is 4.90 Å². The van der Waals surface area contributed by atoms with Crippen molar-refractivity contribution in [2.75, 3.05) is 19.3 Å². The molecule has 0 radical (unpaired) electrons. The second kappa shape index (κ2) is 5.77. The topological polar surface area (TPSA) is 38.8 Å². The SMILES string of the molecule is CSOC1CCN(C(=O)OC(C)(C)C)CC1. The summed E-state index contributed by atoms with van der Waals surface area (Å²) in [5, 5.41) is 0. The van der Waals surface area contributed by atoms with Gasteiger partial charge in [0.25, 0.3) is 0 Å². The molecule has 0 atom stereocenters. The van der Waals surface area contributed by atoms with Gasteiger partial charge in [-0.05, 0) is 45.7 Å². The van der Waals surface area contributed by atoms with E-state index in [1.165, 1.54) is 12.0 Å².